The second kappa shape index (κ2) is 9.53. The average molecular weight is 464 g/mol. The molecule has 2 fully saturated rings. The molecule has 2 aliphatic rings. The summed E-state index contributed by atoms with van der Waals surface area (Å²) in [7, 11) is 0. The molecule has 33 heavy (non-hydrogen) atoms. The van der Waals surface area contributed by atoms with Gasteiger partial charge in [0, 0.05) is 6.04 Å². The lowest BCUT2D eigenvalue weighted by molar-refractivity contribution is -0.143. The summed E-state index contributed by atoms with van der Waals surface area (Å²) in [6.07, 6.45) is 0.0142. The fourth-order valence-corrected chi connectivity index (χ4v) is 5.25. The molecule has 2 aromatic carbocycles. The minimum Gasteiger partial charge on any atom is -0.490 e. The molecule has 4 rings (SSSR count). The van der Waals surface area contributed by atoms with Crippen LogP contribution in [-0.2, 0) is 11.0 Å². The molecule has 1 unspecified atom stereocenters. The smallest absolute Gasteiger partial charge is 0.420 e. The van der Waals surface area contributed by atoms with Crippen molar-refractivity contribution in [1.29, 1.82) is 0 Å². The molecule has 1 N–H and O–H groups in total. The average Bonchev–Trinajstić information content (AvgIpc) is 2.79. The number of aliphatic carboxylic acids is 1. The van der Waals surface area contributed by atoms with E-state index < -0.39 is 17.7 Å². The van der Waals surface area contributed by atoms with E-state index in [4.69, 9.17) is 4.74 Å². The van der Waals surface area contributed by atoms with Gasteiger partial charge in [0.2, 0.25) is 0 Å². The number of carboxylic acid groups (broad SMARTS) is 1. The van der Waals surface area contributed by atoms with Crippen molar-refractivity contribution in [2.24, 2.45) is 11.8 Å². The standard InChI is InChI=1S/C26H32F3NO3/c1-16-3-7-21(8-4-16)33-23-10-6-20-15-19(5-9-22(20)24(23)26(27,28)29)17(2)30-13-11-18(12-14-30)25(31)32/h5-6,9-10,15-18,21H,3-4,7-8,11-14H2,1-2H3,(H,31,32)/t16-,17?,21+. The number of carbonyl (C=O) groups is 1. The molecule has 7 heteroatoms. The molecule has 1 atom stereocenters. The van der Waals surface area contributed by atoms with Crippen LogP contribution in [0.5, 0.6) is 5.75 Å². The van der Waals surface area contributed by atoms with Gasteiger partial charge < -0.3 is 9.84 Å². The molecule has 0 amide bonds. The highest BCUT2D eigenvalue weighted by molar-refractivity contribution is 5.89. The summed E-state index contributed by atoms with van der Waals surface area (Å²) in [5.41, 5.74) is 0.236. The second-order valence-electron chi connectivity index (χ2n) is 9.74. The Morgan fingerprint density at radius 2 is 1.73 bits per heavy atom. The van der Waals surface area contributed by atoms with Crippen LogP contribution in [0.15, 0.2) is 30.3 Å². The Kier molecular flexibility index (Phi) is 6.89. The zero-order valence-corrected chi connectivity index (χ0v) is 19.2. The number of likely N-dealkylation sites (tertiary alicyclic amines) is 1. The number of ether oxygens (including phenoxy) is 1. The zero-order chi connectivity index (χ0) is 23.8. The Bertz CT molecular complexity index is 990. The quantitative estimate of drug-likeness (QED) is 0.538. The largest absolute Gasteiger partial charge is 0.490 e. The predicted molar refractivity (Wildman–Crippen MR) is 121 cm³/mol. The lowest BCUT2D eigenvalue weighted by Crippen LogP contribution is -2.37. The Morgan fingerprint density at radius 3 is 2.33 bits per heavy atom. The third kappa shape index (κ3) is 5.29. The number of rotatable bonds is 5. The third-order valence-corrected chi connectivity index (χ3v) is 7.45. The van der Waals surface area contributed by atoms with Crippen LogP contribution in [-0.4, -0.2) is 35.2 Å². The number of fused-ring (bicyclic) bond motifs is 1. The Balaban J connectivity index is 1.59. The number of alkyl halides is 3. The van der Waals surface area contributed by atoms with Gasteiger partial charge in [0.25, 0.3) is 0 Å². The first-order chi connectivity index (χ1) is 15.6. The molecule has 1 aliphatic heterocycles. The fraction of sp³-hybridized carbons (Fsp3) is 0.577. The maximum absolute atomic E-state index is 14.1. The Morgan fingerprint density at radius 1 is 1.06 bits per heavy atom. The fourth-order valence-electron chi connectivity index (χ4n) is 5.25. The highest BCUT2D eigenvalue weighted by Crippen LogP contribution is 2.43. The molecule has 4 nitrogen and oxygen atoms in total. The number of hydrogen-bond donors (Lipinski definition) is 1. The van der Waals surface area contributed by atoms with Crippen LogP contribution >= 0.6 is 0 Å². The molecule has 1 saturated carbocycles. The minimum absolute atomic E-state index is 0.00126. The summed E-state index contributed by atoms with van der Waals surface area (Å²) < 4.78 is 48.2. The van der Waals surface area contributed by atoms with Gasteiger partial charge in [0.15, 0.2) is 0 Å². The Labute approximate surface area is 192 Å². The van der Waals surface area contributed by atoms with Gasteiger partial charge >= 0.3 is 12.1 Å². The number of carboxylic acids is 1. The van der Waals surface area contributed by atoms with Crippen molar-refractivity contribution in [3.63, 3.8) is 0 Å². The van der Waals surface area contributed by atoms with Crippen LogP contribution in [0.2, 0.25) is 0 Å². The summed E-state index contributed by atoms with van der Waals surface area (Å²) in [5.74, 6) is -0.552. The summed E-state index contributed by atoms with van der Waals surface area (Å²) in [5, 5.41) is 9.90. The highest BCUT2D eigenvalue weighted by atomic mass is 19.4. The van der Waals surface area contributed by atoms with Crippen LogP contribution in [0.3, 0.4) is 0 Å². The van der Waals surface area contributed by atoms with Gasteiger partial charge in [-0.3, -0.25) is 9.69 Å². The van der Waals surface area contributed by atoms with E-state index in [1.54, 1.807) is 18.2 Å². The van der Waals surface area contributed by atoms with E-state index in [0.717, 1.165) is 31.2 Å². The molecular formula is C26H32F3NO3. The molecule has 180 valence electrons. The van der Waals surface area contributed by atoms with E-state index in [9.17, 15) is 23.1 Å². The van der Waals surface area contributed by atoms with E-state index in [-0.39, 0.29) is 29.2 Å². The lowest BCUT2D eigenvalue weighted by atomic mass is 9.89. The first kappa shape index (κ1) is 23.9. The van der Waals surface area contributed by atoms with E-state index in [1.807, 2.05) is 13.0 Å². The maximum atomic E-state index is 14.1. The van der Waals surface area contributed by atoms with Crippen molar-refractivity contribution >= 4 is 16.7 Å². The van der Waals surface area contributed by atoms with Crippen LogP contribution in [0.4, 0.5) is 13.2 Å². The molecule has 1 aliphatic carbocycles. The summed E-state index contributed by atoms with van der Waals surface area (Å²) in [4.78, 5) is 13.4. The molecule has 1 saturated heterocycles. The van der Waals surface area contributed by atoms with Crippen LogP contribution < -0.4 is 4.74 Å². The van der Waals surface area contributed by atoms with Gasteiger partial charge in [-0.25, -0.2) is 0 Å². The van der Waals surface area contributed by atoms with Gasteiger partial charge in [0.05, 0.1) is 12.0 Å². The molecular weight excluding hydrogens is 431 g/mol. The topological polar surface area (TPSA) is 49.8 Å². The zero-order valence-electron chi connectivity index (χ0n) is 19.2. The summed E-state index contributed by atoms with van der Waals surface area (Å²) in [6, 6.07) is 8.33. The molecule has 0 radical (unpaired) electrons. The van der Waals surface area contributed by atoms with E-state index in [1.165, 1.54) is 6.07 Å². The minimum atomic E-state index is -4.51. The monoisotopic (exact) mass is 463 g/mol. The number of hydrogen-bond acceptors (Lipinski definition) is 3. The first-order valence-corrected chi connectivity index (χ1v) is 11.9. The van der Waals surface area contributed by atoms with Gasteiger partial charge in [-0.2, -0.15) is 13.2 Å². The Hall–Kier alpha value is -2.28. The highest BCUT2D eigenvalue weighted by Gasteiger charge is 2.37. The van der Waals surface area contributed by atoms with Crippen LogP contribution in [0.25, 0.3) is 10.8 Å². The first-order valence-electron chi connectivity index (χ1n) is 11.9. The molecule has 0 bridgehead atoms. The van der Waals surface area contributed by atoms with Crippen molar-refractivity contribution in [1.82, 2.24) is 4.90 Å². The lowest BCUT2D eigenvalue weighted by Gasteiger charge is -2.35. The van der Waals surface area contributed by atoms with Gasteiger partial charge in [0.1, 0.15) is 11.3 Å². The molecule has 2 aromatic rings. The third-order valence-electron chi connectivity index (χ3n) is 7.45. The van der Waals surface area contributed by atoms with Crippen molar-refractivity contribution in [3.8, 4) is 5.75 Å². The van der Waals surface area contributed by atoms with Gasteiger partial charge in [-0.1, -0.05) is 25.1 Å². The van der Waals surface area contributed by atoms with E-state index in [0.29, 0.717) is 37.2 Å². The maximum Gasteiger partial charge on any atom is 0.420 e. The SMILES string of the molecule is CC(c1ccc2c(C(F)(F)F)c(O[C@H]3CC[C@@H](C)CC3)ccc2c1)N1CCC(C(=O)O)CC1. The van der Waals surface area contributed by atoms with Crippen molar-refractivity contribution in [2.75, 3.05) is 13.1 Å². The number of halogens is 3. The number of benzene rings is 2. The second-order valence-corrected chi connectivity index (χ2v) is 9.74. The normalized spacial score (nSPS) is 24.0. The van der Waals surface area contributed by atoms with Crippen molar-refractivity contribution in [3.05, 3.63) is 41.5 Å². The van der Waals surface area contributed by atoms with Crippen LogP contribution in [0.1, 0.15) is 69.5 Å². The van der Waals surface area contributed by atoms with E-state index in [2.05, 4.69) is 11.8 Å². The summed E-state index contributed by atoms with van der Waals surface area (Å²) >= 11 is 0. The number of nitrogens with zero attached hydrogens (tertiary/aromatic N) is 1. The summed E-state index contributed by atoms with van der Waals surface area (Å²) in [6.45, 7) is 5.52. The van der Waals surface area contributed by atoms with Crippen molar-refractivity contribution < 1.29 is 27.8 Å². The predicted octanol–water partition coefficient (Wildman–Crippen LogP) is 6.67. The van der Waals surface area contributed by atoms with Gasteiger partial charge in [-0.15, -0.1) is 0 Å². The van der Waals surface area contributed by atoms with E-state index >= 15 is 0 Å². The molecule has 0 spiro atoms. The van der Waals surface area contributed by atoms with Crippen LogP contribution in [0, 0.1) is 11.8 Å². The van der Waals surface area contributed by atoms with Crippen molar-refractivity contribution in [2.45, 2.75) is 70.7 Å². The van der Waals surface area contributed by atoms with Gasteiger partial charge in [-0.05, 0) is 92.9 Å². The molecule has 0 aromatic heterocycles. The molecule has 1 heterocycles. The number of piperidine rings is 1.